The lowest BCUT2D eigenvalue weighted by Gasteiger charge is -2.35. The monoisotopic (exact) mass is 1810 g/mol. The molecular formula is C119H73N5O15. The molecule has 0 spiro atoms. The molecule has 21 aromatic carbocycles. The van der Waals surface area contributed by atoms with Crippen molar-refractivity contribution in [2.75, 3.05) is 26.2 Å². The van der Waals surface area contributed by atoms with Crippen LogP contribution < -0.4 is 9.47 Å². The van der Waals surface area contributed by atoms with Gasteiger partial charge in [0.2, 0.25) is 0 Å². The average Bonchev–Trinajstić information content (AvgIpc) is 0.694. The van der Waals surface area contributed by atoms with Crippen molar-refractivity contribution in [2.45, 2.75) is 45.2 Å². The van der Waals surface area contributed by atoms with E-state index in [1.165, 1.54) is 33.4 Å². The summed E-state index contributed by atoms with van der Waals surface area (Å²) >= 11 is 0. The Morgan fingerprint density at radius 2 is 0.518 bits per heavy atom. The number of hydrogen-bond donors (Lipinski definition) is 1. The number of nitrogens with zero attached hydrogens (tertiary/aromatic N) is 5. The molecule has 0 radical (unpaired) electrons. The summed E-state index contributed by atoms with van der Waals surface area (Å²) in [4.78, 5) is 185. The third kappa shape index (κ3) is 11.7. The molecule has 5 aliphatic rings. The van der Waals surface area contributed by atoms with E-state index in [1.807, 2.05) is 194 Å². The van der Waals surface area contributed by atoms with Gasteiger partial charge in [0.25, 0.3) is 59.1 Å². The number of amides is 10. The molecular weight excluding hydrogens is 1740 g/mol. The highest BCUT2D eigenvalue weighted by molar-refractivity contribution is 6.46. The molecule has 0 bridgehead atoms. The molecule has 0 saturated heterocycles. The molecule has 5 aliphatic heterocycles. The van der Waals surface area contributed by atoms with Gasteiger partial charge in [-0.25, -0.2) is 0 Å². The SMILES string of the molecule is CC(=O)c1ccc2c3c(Oc4ccc(CCN5C(=O)c6ccc7c8ccc9c%10c(ccc(c%11ccc(c6c7%11)C5=O)c%108)C(=O)N(C(c5ccccc5)c5ccccc5)C9=O)cc4)cc4c5c(ccc(c6c(Oc7ccc(CCN8C(=O)c9ccc%10c%11ccc%12c%13c(ccc(c%14ccc(c9c%10%14)C8=O)c%13%11)C(=O)N(C(c8ccccc8)c8ccccc8)C%12=O)cc7)cc(C(C)=O)c1c26)c53)C(=O)N(CCCO)C4=O. The minimum Gasteiger partial charge on any atom is -0.457 e. The summed E-state index contributed by atoms with van der Waals surface area (Å²) in [6, 6.07) is 90.2. The van der Waals surface area contributed by atoms with Crippen molar-refractivity contribution in [2.24, 2.45) is 0 Å². The van der Waals surface area contributed by atoms with Crippen LogP contribution in [-0.4, -0.2) is 126 Å². The molecule has 10 amide bonds. The zero-order valence-electron chi connectivity index (χ0n) is 74.4. The third-order valence-electron chi connectivity index (χ3n) is 29.3. The molecule has 0 unspecified atom stereocenters. The Balaban J connectivity index is 0.497. The maximum Gasteiger partial charge on any atom is 0.262 e. The molecule has 0 aliphatic carbocycles. The largest absolute Gasteiger partial charge is 0.457 e. The zero-order chi connectivity index (χ0) is 94.2. The van der Waals surface area contributed by atoms with E-state index < -0.39 is 71.2 Å². The van der Waals surface area contributed by atoms with Crippen LogP contribution in [0.2, 0.25) is 0 Å². The number of ether oxygens (including phenoxy) is 2. The molecule has 0 fully saturated rings. The van der Waals surface area contributed by atoms with Crippen molar-refractivity contribution in [1.82, 2.24) is 24.5 Å². The van der Waals surface area contributed by atoms with Gasteiger partial charge >= 0.3 is 0 Å². The molecule has 0 aromatic heterocycles. The lowest BCUT2D eigenvalue weighted by Crippen LogP contribution is -2.43. The van der Waals surface area contributed by atoms with Crippen LogP contribution in [0.15, 0.2) is 303 Å². The van der Waals surface area contributed by atoms with Gasteiger partial charge in [-0.2, -0.15) is 0 Å². The van der Waals surface area contributed by atoms with Gasteiger partial charge in [-0.05, 0) is 233 Å². The first-order valence-electron chi connectivity index (χ1n) is 46.2. The minimum absolute atomic E-state index is 0.000976. The second-order valence-electron chi connectivity index (χ2n) is 36.6. The lowest BCUT2D eigenvalue weighted by molar-refractivity contribution is 0.0548. The topological polar surface area (TPSA) is 260 Å². The van der Waals surface area contributed by atoms with Gasteiger partial charge in [-0.1, -0.05) is 212 Å². The van der Waals surface area contributed by atoms with Crippen molar-refractivity contribution < 1.29 is 72.1 Å². The van der Waals surface area contributed by atoms with Gasteiger partial charge in [-0.3, -0.25) is 82.0 Å². The maximum atomic E-state index is 15.2. The van der Waals surface area contributed by atoms with Crippen molar-refractivity contribution in [1.29, 1.82) is 0 Å². The number of aliphatic hydroxyl groups is 1. The number of hydrogen-bond acceptors (Lipinski definition) is 15. The summed E-state index contributed by atoms with van der Waals surface area (Å²) < 4.78 is 14.0. The molecule has 20 nitrogen and oxygen atoms in total. The van der Waals surface area contributed by atoms with E-state index in [1.54, 1.807) is 109 Å². The standard InChI is InChI=1S/C119H73N5O15/c1-60(126)70-32-41-79-105-93(139-69-30-26-63(27-31-69)53-56-122-113(131)83-45-35-73-77-39-49-88-102-89(50-40-78(98(77)102)74-36-46-84(114(122)132)100(83)96(73)74)119(137)124(118(88)136)109(66-20-11-5-12-21-66)67-22-13-6-14-23-67)59-91-103-85(110(128)120(115(91)133)54-15-57-125)51-42-80(107(103)105)104-92(58-90(61(2)127)94(70)106(79)104)138-68-28-24-62(25-29-68)52-55-121-111(129)81-43-33-71-75-37-47-86-101-87(48-38-76(97(75)101)72-34-44-82(112(121)130)99(81)95(71)72)117(135)123(116(86)134)108(64-16-7-3-8-17-64)65-18-9-4-10-19-65/h3-14,16-51,58-59,108-109,125H,15,52-57H2,1-2H3. The summed E-state index contributed by atoms with van der Waals surface area (Å²) in [5, 5.41) is 24.7. The van der Waals surface area contributed by atoms with Gasteiger partial charge in [-0.15, -0.1) is 0 Å². The van der Waals surface area contributed by atoms with E-state index in [0.29, 0.717) is 121 Å². The van der Waals surface area contributed by atoms with E-state index in [9.17, 15) is 19.5 Å². The van der Waals surface area contributed by atoms with Crippen molar-refractivity contribution in [3.63, 3.8) is 0 Å². The average molecular weight is 1810 g/mol. The highest BCUT2D eigenvalue weighted by Crippen LogP contribution is 2.56. The molecule has 5 heterocycles. The first-order valence-corrected chi connectivity index (χ1v) is 46.2. The number of fused-ring (bicyclic) bond motifs is 6. The van der Waals surface area contributed by atoms with Crippen molar-refractivity contribution >= 4 is 200 Å². The summed E-state index contributed by atoms with van der Waals surface area (Å²) in [5.74, 6) is -4.46. The number of benzene rings is 21. The number of ketones is 2. The second kappa shape index (κ2) is 30.6. The van der Waals surface area contributed by atoms with Crippen LogP contribution in [0.4, 0.5) is 0 Å². The number of Topliss-reactive ketones (excluding diaryl/α,β-unsaturated/α-hetero) is 2. The van der Waals surface area contributed by atoms with Crippen molar-refractivity contribution in [3.8, 4) is 23.0 Å². The summed E-state index contributed by atoms with van der Waals surface area (Å²) in [6.07, 6.45) is 0.579. The van der Waals surface area contributed by atoms with Crippen LogP contribution in [0, 0.1) is 0 Å². The lowest BCUT2D eigenvalue weighted by atomic mass is 9.81. The van der Waals surface area contributed by atoms with E-state index in [4.69, 9.17) is 9.47 Å². The predicted octanol–water partition coefficient (Wildman–Crippen LogP) is 23.3. The van der Waals surface area contributed by atoms with E-state index >= 15 is 43.2 Å². The molecule has 20 heteroatoms. The molecule has 1 N–H and O–H groups in total. The van der Waals surface area contributed by atoms with Crippen LogP contribution in [0.1, 0.15) is 190 Å². The minimum atomic E-state index is -0.703. The van der Waals surface area contributed by atoms with Crippen LogP contribution in [0.3, 0.4) is 0 Å². The number of carbonyl (C=O) groups is 12. The molecule has 0 atom stereocenters. The van der Waals surface area contributed by atoms with Crippen LogP contribution in [-0.2, 0) is 12.8 Å². The smallest absolute Gasteiger partial charge is 0.262 e. The number of rotatable bonds is 21. The van der Waals surface area contributed by atoms with Gasteiger partial charge in [0, 0.05) is 141 Å². The highest BCUT2D eigenvalue weighted by atomic mass is 16.5. The van der Waals surface area contributed by atoms with Crippen LogP contribution in [0.25, 0.3) is 129 Å². The van der Waals surface area contributed by atoms with E-state index in [2.05, 4.69) is 0 Å². The van der Waals surface area contributed by atoms with E-state index in [0.717, 1.165) is 103 Å². The Labute approximate surface area is 789 Å². The van der Waals surface area contributed by atoms with Gasteiger partial charge in [0.1, 0.15) is 23.0 Å². The highest BCUT2D eigenvalue weighted by Gasteiger charge is 2.46. The summed E-state index contributed by atoms with van der Waals surface area (Å²) in [7, 11) is 0. The normalized spacial score (nSPS) is 14.3. The third-order valence-corrected chi connectivity index (χ3v) is 29.3. The quantitative estimate of drug-likeness (QED) is 0.0303. The molecule has 0 saturated carbocycles. The Hall–Kier alpha value is -17.9. The number of imide groups is 5. The van der Waals surface area contributed by atoms with Gasteiger partial charge in [0.15, 0.2) is 11.6 Å². The van der Waals surface area contributed by atoms with Crippen LogP contribution >= 0.6 is 0 Å². The first-order chi connectivity index (χ1) is 67.8. The molecule has 664 valence electrons. The zero-order valence-corrected chi connectivity index (χ0v) is 74.4. The fourth-order valence-electron chi connectivity index (χ4n) is 23.2. The Morgan fingerprint density at radius 1 is 0.252 bits per heavy atom. The molecule has 139 heavy (non-hydrogen) atoms. The van der Waals surface area contributed by atoms with Gasteiger partial charge < -0.3 is 14.6 Å². The Bertz CT molecular complexity index is 8920. The maximum absolute atomic E-state index is 15.2. The van der Waals surface area contributed by atoms with Crippen LogP contribution in [0.5, 0.6) is 23.0 Å². The first kappa shape index (κ1) is 81.9. The van der Waals surface area contributed by atoms with E-state index in [-0.39, 0.29) is 90.8 Å². The number of aliphatic hydroxyl groups excluding tert-OH is 1. The predicted molar refractivity (Wildman–Crippen MR) is 532 cm³/mol. The second-order valence-corrected chi connectivity index (χ2v) is 36.6. The van der Waals surface area contributed by atoms with Gasteiger partial charge in [0.05, 0.1) is 17.6 Å². The Morgan fingerprint density at radius 3 is 0.827 bits per heavy atom. The fraction of sp³-hybridized carbons (Fsp3) is 0.0924. The molecule has 21 aromatic rings. The Kier molecular flexibility index (Phi) is 18.0. The summed E-state index contributed by atoms with van der Waals surface area (Å²) in [5.41, 5.74) is 8.35. The number of carbonyl (C=O) groups excluding carboxylic acids is 12. The summed E-state index contributed by atoms with van der Waals surface area (Å²) in [6.45, 7) is 2.45. The van der Waals surface area contributed by atoms with Crippen molar-refractivity contribution in [3.05, 3.63) is 403 Å². The molecule has 26 rings (SSSR count). The fourth-order valence-corrected chi connectivity index (χ4v) is 23.2.